The third-order valence-electron chi connectivity index (χ3n) is 3.96. The number of aryl methyl sites for hydroxylation is 1. The van der Waals surface area contributed by atoms with E-state index in [1.54, 1.807) is 41.9 Å². The Balaban J connectivity index is 1.61. The molecule has 0 aliphatic carbocycles. The molecular formula is C21H23N3O3S. The van der Waals surface area contributed by atoms with E-state index in [2.05, 4.69) is 15.3 Å². The SMILES string of the molecule is CCOc1cc(C(=O)NCCc2csc(C)n2)ccc1OCc1cccnc1. The van der Waals surface area contributed by atoms with Gasteiger partial charge in [0.25, 0.3) is 5.91 Å². The summed E-state index contributed by atoms with van der Waals surface area (Å²) < 4.78 is 11.5. The molecule has 1 amide bonds. The maximum absolute atomic E-state index is 12.5. The van der Waals surface area contributed by atoms with Gasteiger partial charge in [0.2, 0.25) is 0 Å². The lowest BCUT2D eigenvalue weighted by Crippen LogP contribution is -2.25. The number of ether oxygens (including phenoxy) is 2. The quantitative estimate of drug-likeness (QED) is 0.595. The van der Waals surface area contributed by atoms with E-state index in [1.165, 1.54) is 0 Å². The molecular weight excluding hydrogens is 374 g/mol. The predicted octanol–water partition coefficient (Wildman–Crippen LogP) is 3.80. The van der Waals surface area contributed by atoms with Crippen LogP contribution in [0.1, 0.15) is 33.5 Å². The first-order chi connectivity index (χ1) is 13.7. The number of carbonyl (C=O) groups is 1. The summed E-state index contributed by atoms with van der Waals surface area (Å²) in [4.78, 5) is 20.9. The maximum Gasteiger partial charge on any atom is 0.251 e. The first kappa shape index (κ1) is 19.8. The molecule has 0 bridgehead atoms. The molecule has 1 N–H and O–H groups in total. The molecule has 146 valence electrons. The monoisotopic (exact) mass is 397 g/mol. The van der Waals surface area contributed by atoms with Crippen molar-refractivity contribution in [2.75, 3.05) is 13.2 Å². The molecule has 0 unspecified atom stereocenters. The largest absolute Gasteiger partial charge is 0.490 e. The number of hydrogen-bond acceptors (Lipinski definition) is 6. The molecule has 0 saturated heterocycles. The standard InChI is InChI=1S/C21H23N3O3S/c1-3-26-20-11-17(21(25)23-10-8-18-14-28-15(2)24-18)6-7-19(20)27-13-16-5-4-9-22-12-16/h4-7,9,11-12,14H,3,8,10,13H2,1-2H3,(H,23,25). The smallest absolute Gasteiger partial charge is 0.251 e. The molecule has 0 atom stereocenters. The van der Waals surface area contributed by atoms with Crippen LogP contribution < -0.4 is 14.8 Å². The van der Waals surface area contributed by atoms with Crippen molar-refractivity contribution in [3.05, 3.63) is 69.9 Å². The van der Waals surface area contributed by atoms with Crippen molar-refractivity contribution in [1.82, 2.24) is 15.3 Å². The van der Waals surface area contributed by atoms with Crippen LogP contribution in [0, 0.1) is 6.92 Å². The molecule has 6 nitrogen and oxygen atoms in total. The fraction of sp³-hybridized carbons (Fsp3) is 0.286. The van der Waals surface area contributed by atoms with Crippen molar-refractivity contribution in [1.29, 1.82) is 0 Å². The molecule has 28 heavy (non-hydrogen) atoms. The molecule has 0 aliphatic rings. The second-order valence-corrected chi connectivity index (χ2v) is 7.17. The summed E-state index contributed by atoms with van der Waals surface area (Å²) in [7, 11) is 0. The zero-order valence-corrected chi connectivity index (χ0v) is 16.8. The van der Waals surface area contributed by atoms with E-state index in [9.17, 15) is 4.79 Å². The van der Waals surface area contributed by atoms with E-state index in [-0.39, 0.29) is 5.91 Å². The Hall–Kier alpha value is -2.93. The highest BCUT2D eigenvalue weighted by atomic mass is 32.1. The van der Waals surface area contributed by atoms with E-state index < -0.39 is 0 Å². The average Bonchev–Trinajstić information content (AvgIpc) is 3.13. The van der Waals surface area contributed by atoms with Crippen molar-refractivity contribution >= 4 is 17.2 Å². The Kier molecular flexibility index (Phi) is 6.97. The van der Waals surface area contributed by atoms with Crippen LogP contribution in [0.3, 0.4) is 0 Å². The van der Waals surface area contributed by atoms with Crippen LogP contribution in [0.15, 0.2) is 48.1 Å². The van der Waals surface area contributed by atoms with Crippen LogP contribution in [-0.2, 0) is 13.0 Å². The number of thiazole rings is 1. The molecule has 0 aliphatic heterocycles. The van der Waals surface area contributed by atoms with Gasteiger partial charge in [0.05, 0.1) is 17.3 Å². The highest BCUT2D eigenvalue weighted by molar-refractivity contribution is 7.09. The van der Waals surface area contributed by atoms with Crippen LogP contribution in [0.4, 0.5) is 0 Å². The summed E-state index contributed by atoms with van der Waals surface area (Å²) in [6, 6.07) is 9.02. The highest BCUT2D eigenvalue weighted by Gasteiger charge is 2.12. The zero-order valence-electron chi connectivity index (χ0n) is 16.0. The number of aromatic nitrogens is 2. The zero-order chi connectivity index (χ0) is 19.8. The van der Waals surface area contributed by atoms with Gasteiger partial charge in [0.15, 0.2) is 11.5 Å². The van der Waals surface area contributed by atoms with Gasteiger partial charge < -0.3 is 14.8 Å². The Labute approximate surface area is 168 Å². The second-order valence-electron chi connectivity index (χ2n) is 6.11. The summed E-state index contributed by atoms with van der Waals surface area (Å²) in [6.45, 7) is 5.27. The Morgan fingerprint density at radius 3 is 2.82 bits per heavy atom. The van der Waals surface area contributed by atoms with Crippen molar-refractivity contribution in [2.45, 2.75) is 26.9 Å². The summed E-state index contributed by atoms with van der Waals surface area (Å²) >= 11 is 1.61. The number of rotatable bonds is 9. The number of pyridine rings is 1. The fourth-order valence-electron chi connectivity index (χ4n) is 2.61. The summed E-state index contributed by atoms with van der Waals surface area (Å²) in [6.07, 6.45) is 4.19. The van der Waals surface area contributed by atoms with E-state index in [4.69, 9.17) is 9.47 Å². The lowest BCUT2D eigenvalue weighted by atomic mass is 10.2. The molecule has 2 heterocycles. The van der Waals surface area contributed by atoms with Gasteiger partial charge in [-0.05, 0) is 38.1 Å². The molecule has 1 aromatic carbocycles. The third-order valence-corrected chi connectivity index (χ3v) is 4.78. The molecule has 3 aromatic rings. The molecule has 0 spiro atoms. The van der Waals surface area contributed by atoms with E-state index in [0.717, 1.165) is 16.3 Å². The predicted molar refractivity (Wildman–Crippen MR) is 109 cm³/mol. The van der Waals surface area contributed by atoms with Crippen molar-refractivity contribution in [3.63, 3.8) is 0 Å². The van der Waals surface area contributed by atoms with Crippen LogP contribution in [0.5, 0.6) is 11.5 Å². The molecule has 3 rings (SSSR count). The summed E-state index contributed by atoms with van der Waals surface area (Å²) in [5, 5.41) is 5.97. The Morgan fingerprint density at radius 2 is 2.11 bits per heavy atom. The lowest BCUT2D eigenvalue weighted by Gasteiger charge is -2.13. The van der Waals surface area contributed by atoms with Gasteiger partial charge in [-0.25, -0.2) is 4.98 Å². The van der Waals surface area contributed by atoms with Gasteiger partial charge in [-0.2, -0.15) is 0 Å². The van der Waals surface area contributed by atoms with E-state index >= 15 is 0 Å². The molecule has 0 saturated carbocycles. The molecule has 0 radical (unpaired) electrons. The van der Waals surface area contributed by atoms with Gasteiger partial charge in [-0.15, -0.1) is 11.3 Å². The second kappa shape index (κ2) is 9.85. The maximum atomic E-state index is 12.5. The van der Waals surface area contributed by atoms with Gasteiger partial charge in [0, 0.05) is 41.9 Å². The van der Waals surface area contributed by atoms with Crippen LogP contribution in [-0.4, -0.2) is 29.0 Å². The van der Waals surface area contributed by atoms with E-state index in [0.29, 0.717) is 43.2 Å². The van der Waals surface area contributed by atoms with Crippen molar-refractivity contribution < 1.29 is 14.3 Å². The van der Waals surface area contributed by atoms with Crippen LogP contribution >= 0.6 is 11.3 Å². The van der Waals surface area contributed by atoms with Gasteiger partial charge in [-0.3, -0.25) is 9.78 Å². The lowest BCUT2D eigenvalue weighted by molar-refractivity contribution is 0.0953. The van der Waals surface area contributed by atoms with E-state index in [1.807, 2.05) is 31.4 Å². The Morgan fingerprint density at radius 1 is 1.21 bits per heavy atom. The molecule has 7 heteroatoms. The van der Waals surface area contributed by atoms with Gasteiger partial charge in [0.1, 0.15) is 6.61 Å². The third kappa shape index (κ3) is 5.53. The minimum atomic E-state index is -0.147. The first-order valence-electron chi connectivity index (χ1n) is 9.13. The fourth-order valence-corrected chi connectivity index (χ4v) is 3.26. The van der Waals surface area contributed by atoms with Gasteiger partial charge >= 0.3 is 0 Å². The molecule has 2 aromatic heterocycles. The summed E-state index contributed by atoms with van der Waals surface area (Å²) in [5.41, 5.74) is 2.49. The molecule has 0 fully saturated rings. The first-order valence-corrected chi connectivity index (χ1v) is 10.0. The average molecular weight is 398 g/mol. The number of amides is 1. The number of hydrogen-bond donors (Lipinski definition) is 1. The van der Waals surface area contributed by atoms with Crippen LogP contribution in [0.2, 0.25) is 0 Å². The normalized spacial score (nSPS) is 10.5. The topological polar surface area (TPSA) is 73.3 Å². The number of benzene rings is 1. The minimum absolute atomic E-state index is 0.147. The number of carbonyl (C=O) groups excluding carboxylic acids is 1. The minimum Gasteiger partial charge on any atom is -0.490 e. The number of nitrogens with one attached hydrogen (secondary N) is 1. The van der Waals surface area contributed by atoms with Gasteiger partial charge in [-0.1, -0.05) is 6.07 Å². The Bertz CT molecular complexity index is 912. The number of nitrogens with zero attached hydrogens (tertiary/aromatic N) is 2. The van der Waals surface area contributed by atoms with Crippen molar-refractivity contribution in [3.8, 4) is 11.5 Å². The van der Waals surface area contributed by atoms with Crippen LogP contribution in [0.25, 0.3) is 0 Å². The van der Waals surface area contributed by atoms with Crippen molar-refractivity contribution in [2.24, 2.45) is 0 Å². The highest BCUT2D eigenvalue weighted by Crippen LogP contribution is 2.29. The summed E-state index contributed by atoms with van der Waals surface area (Å²) in [5.74, 6) is 1.00.